The quantitative estimate of drug-likeness (QED) is 0.728. The van der Waals surface area contributed by atoms with E-state index in [1.807, 2.05) is 56.3 Å². The van der Waals surface area contributed by atoms with Crippen molar-refractivity contribution in [2.24, 2.45) is 0 Å². The molecule has 0 unspecified atom stereocenters. The molecule has 0 aliphatic rings. The predicted octanol–water partition coefficient (Wildman–Crippen LogP) is 4.82. The number of rotatable bonds is 2. The van der Waals surface area contributed by atoms with Crippen LogP contribution in [0.1, 0.15) is 21.5 Å². The molecule has 0 heterocycles. The number of carboxylic acids is 1. The molecule has 0 bridgehead atoms. The molecule has 0 amide bonds. The van der Waals surface area contributed by atoms with E-state index in [1.54, 1.807) is 6.07 Å². The third-order valence-electron chi connectivity index (χ3n) is 3.81. The SMILES string of the molecule is Cc1ccc(-c2c(C)ccc3ccccc23)c(C(=O)O)c1. The highest BCUT2D eigenvalue weighted by Gasteiger charge is 2.15. The summed E-state index contributed by atoms with van der Waals surface area (Å²) in [7, 11) is 0. The first-order valence-corrected chi connectivity index (χ1v) is 6.90. The maximum atomic E-state index is 11.6. The van der Waals surface area contributed by atoms with Gasteiger partial charge in [0.05, 0.1) is 5.56 Å². The predicted molar refractivity (Wildman–Crippen MR) is 85.8 cm³/mol. The molecule has 0 aliphatic carbocycles. The Labute approximate surface area is 123 Å². The van der Waals surface area contributed by atoms with Crippen molar-refractivity contribution in [1.82, 2.24) is 0 Å². The number of aryl methyl sites for hydroxylation is 2. The summed E-state index contributed by atoms with van der Waals surface area (Å²) in [5.41, 5.74) is 4.18. The summed E-state index contributed by atoms with van der Waals surface area (Å²) in [6.07, 6.45) is 0. The third kappa shape index (κ3) is 2.29. The second-order valence-corrected chi connectivity index (χ2v) is 5.33. The summed E-state index contributed by atoms with van der Waals surface area (Å²) in [6, 6.07) is 17.8. The normalized spacial score (nSPS) is 10.8. The van der Waals surface area contributed by atoms with Crippen LogP contribution in [0.4, 0.5) is 0 Å². The smallest absolute Gasteiger partial charge is 0.336 e. The Bertz CT molecular complexity index is 847. The number of fused-ring (bicyclic) bond motifs is 1. The van der Waals surface area contributed by atoms with Crippen LogP contribution in [0.2, 0.25) is 0 Å². The van der Waals surface area contributed by atoms with E-state index < -0.39 is 5.97 Å². The van der Waals surface area contributed by atoms with Gasteiger partial charge in [0.2, 0.25) is 0 Å². The molecule has 104 valence electrons. The third-order valence-corrected chi connectivity index (χ3v) is 3.81. The van der Waals surface area contributed by atoms with Crippen LogP contribution in [0.15, 0.2) is 54.6 Å². The molecule has 2 heteroatoms. The highest BCUT2D eigenvalue weighted by Crippen LogP contribution is 2.34. The number of hydrogen-bond donors (Lipinski definition) is 1. The fourth-order valence-corrected chi connectivity index (χ4v) is 2.79. The van der Waals surface area contributed by atoms with Gasteiger partial charge in [-0.1, -0.05) is 54.1 Å². The van der Waals surface area contributed by atoms with Gasteiger partial charge in [0.1, 0.15) is 0 Å². The average Bonchev–Trinajstić information content (AvgIpc) is 2.47. The van der Waals surface area contributed by atoms with Crippen LogP contribution in [-0.4, -0.2) is 11.1 Å². The standard InChI is InChI=1S/C19H16O2/c1-12-7-10-16(17(11-12)19(20)21)18-13(2)8-9-14-5-3-4-6-15(14)18/h3-11H,1-2H3,(H,20,21). The molecule has 0 spiro atoms. The van der Waals surface area contributed by atoms with Crippen molar-refractivity contribution in [2.45, 2.75) is 13.8 Å². The highest BCUT2D eigenvalue weighted by atomic mass is 16.4. The van der Waals surface area contributed by atoms with Crippen molar-refractivity contribution in [1.29, 1.82) is 0 Å². The van der Waals surface area contributed by atoms with Crippen molar-refractivity contribution in [3.05, 3.63) is 71.3 Å². The molecule has 0 atom stereocenters. The minimum atomic E-state index is -0.888. The van der Waals surface area contributed by atoms with Gasteiger partial charge in [-0.15, -0.1) is 0 Å². The van der Waals surface area contributed by atoms with E-state index in [9.17, 15) is 9.90 Å². The lowest BCUT2D eigenvalue weighted by molar-refractivity contribution is 0.0697. The topological polar surface area (TPSA) is 37.3 Å². The Morgan fingerprint density at radius 3 is 2.48 bits per heavy atom. The van der Waals surface area contributed by atoms with Crippen molar-refractivity contribution in [2.75, 3.05) is 0 Å². The maximum absolute atomic E-state index is 11.6. The molecule has 21 heavy (non-hydrogen) atoms. The van der Waals surface area contributed by atoms with E-state index in [2.05, 4.69) is 6.07 Å². The van der Waals surface area contributed by atoms with Gasteiger partial charge >= 0.3 is 5.97 Å². The average molecular weight is 276 g/mol. The second-order valence-electron chi connectivity index (χ2n) is 5.33. The van der Waals surface area contributed by atoms with Crippen molar-refractivity contribution in [3.63, 3.8) is 0 Å². The molecule has 0 aliphatic heterocycles. The van der Waals surface area contributed by atoms with Crippen molar-refractivity contribution < 1.29 is 9.90 Å². The van der Waals surface area contributed by atoms with Gasteiger partial charge in [0.25, 0.3) is 0 Å². The fraction of sp³-hybridized carbons (Fsp3) is 0.105. The first kappa shape index (κ1) is 13.4. The Morgan fingerprint density at radius 2 is 1.71 bits per heavy atom. The minimum Gasteiger partial charge on any atom is -0.478 e. The van der Waals surface area contributed by atoms with Crippen molar-refractivity contribution in [3.8, 4) is 11.1 Å². The molecule has 0 saturated heterocycles. The summed E-state index contributed by atoms with van der Waals surface area (Å²) < 4.78 is 0. The molecular weight excluding hydrogens is 260 g/mol. The minimum absolute atomic E-state index is 0.356. The molecule has 3 aromatic carbocycles. The Balaban J connectivity index is 2.41. The number of hydrogen-bond acceptors (Lipinski definition) is 1. The first-order valence-electron chi connectivity index (χ1n) is 6.90. The van der Waals surface area contributed by atoms with Crippen LogP contribution in [0.25, 0.3) is 21.9 Å². The molecule has 2 nitrogen and oxygen atoms in total. The van der Waals surface area contributed by atoms with E-state index in [4.69, 9.17) is 0 Å². The molecule has 1 N–H and O–H groups in total. The summed E-state index contributed by atoms with van der Waals surface area (Å²) in [5, 5.41) is 11.7. The molecule has 3 aromatic rings. The Hall–Kier alpha value is -2.61. The Morgan fingerprint density at radius 1 is 0.952 bits per heavy atom. The molecule has 0 aromatic heterocycles. The van der Waals surface area contributed by atoms with E-state index in [0.717, 1.165) is 33.0 Å². The van der Waals surface area contributed by atoms with Crippen LogP contribution in [0.5, 0.6) is 0 Å². The fourth-order valence-electron chi connectivity index (χ4n) is 2.79. The summed E-state index contributed by atoms with van der Waals surface area (Å²) >= 11 is 0. The van der Waals surface area contributed by atoms with Gasteiger partial charge in [-0.2, -0.15) is 0 Å². The number of carboxylic acid groups (broad SMARTS) is 1. The molecule has 3 rings (SSSR count). The van der Waals surface area contributed by atoms with Gasteiger partial charge in [-0.3, -0.25) is 0 Å². The first-order chi connectivity index (χ1) is 10.1. The van der Waals surface area contributed by atoms with Gasteiger partial charge < -0.3 is 5.11 Å². The van der Waals surface area contributed by atoms with Crippen molar-refractivity contribution >= 4 is 16.7 Å². The van der Waals surface area contributed by atoms with Gasteiger partial charge in [-0.25, -0.2) is 4.79 Å². The Kier molecular flexibility index (Phi) is 3.22. The zero-order chi connectivity index (χ0) is 15.0. The molecular formula is C19H16O2. The van der Waals surface area contributed by atoms with Gasteiger partial charge in [-0.05, 0) is 47.4 Å². The highest BCUT2D eigenvalue weighted by molar-refractivity contribution is 6.04. The van der Waals surface area contributed by atoms with Gasteiger partial charge in [0.15, 0.2) is 0 Å². The van der Waals surface area contributed by atoms with E-state index >= 15 is 0 Å². The van der Waals surface area contributed by atoms with E-state index in [-0.39, 0.29) is 0 Å². The number of benzene rings is 3. The summed E-state index contributed by atoms with van der Waals surface area (Å²) in [6.45, 7) is 3.93. The molecule has 0 fully saturated rings. The second kappa shape index (κ2) is 5.06. The lowest BCUT2D eigenvalue weighted by Crippen LogP contribution is -2.01. The zero-order valence-electron chi connectivity index (χ0n) is 12.1. The van der Waals surface area contributed by atoms with Crippen LogP contribution in [0, 0.1) is 13.8 Å². The zero-order valence-corrected chi connectivity index (χ0v) is 12.1. The lowest BCUT2D eigenvalue weighted by atomic mass is 9.90. The molecule has 0 radical (unpaired) electrons. The van der Waals surface area contributed by atoms with Crippen LogP contribution >= 0.6 is 0 Å². The number of aromatic carboxylic acids is 1. The van der Waals surface area contributed by atoms with E-state index in [1.165, 1.54) is 0 Å². The van der Waals surface area contributed by atoms with Crippen LogP contribution in [0.3, 0.4) is 0 Å². The van der Waals surface area contributed by atoms with Crippen LogP contribution < -0.4 is 0 Å². The largest absolute Gasteiger partial charge is 0.478 e. The maximum Gasteiger partial charge on any atom is 0.336 e. The number of carbonyl (C=O) groups is 1. The lowest BCUT2D eigenvalue weighted by Gasteiger charge is -2.13. The molecule has 0 saturated carbocycles. The monoisotopic (exact) mass is 276 g/mol. The summed E-state index contributed by atoms with van der Waals surface area (Å²) in [5.74, 6) is -0.888. The van der Waals surface area contributed by atoms with Gasteiger partial charge in [0, 0.05) is 0 Å². The van der Waals surface area contributed by atoms with Crippen LogP contribution in [-0.2, 0) is 0 Å². The summed E-state index contributed by atoms with van der Waals surface area (Å²) in [4.78, 5) is 11.6. The van der Waals surface area contributed by atoms with E-state index in [0.29, 0.717) is 5.56 Å².